The van der Waals surface area contributed by atoms with Gasteiger partial charge in [-0.05, 0) is 13.3 Å². The zero-order valence-electron chi connectivity index (χ0n) is 8.82. The van der Waals surface area contributed by atoms with Gasteiger partial charge in [0.15, 0.2) is 0 Å². The van der Waals surface area contributed by atoms with Crippen molar-refractivity contribution in [3.05, 3.63) is 27.4 Å². The average molecular weight is 224 g/mol. The Bertz CT molecular complexity index is 474. The van der Waals surface area contributed by atoms with E-state index in [9.17, 15) is 9.59 Å². The number of aromatic nitrogens is 2. The molecule has 1 aliphatic heterocycles. The van der Waals surface area contributed by atoms with Gasteiger partial charge in [-0.1, -0.05) is 0 Å². The molecular weight excluding hydrogens is 212 g/mol. The molecule has 2 rings (SSSR count). The fraction of sp³-hybridized carbons (Fsp3) is 0.500. The van der Waals surface area contributed by atoms with E-state index in [2.05, 4.69) is 9.97 Å². The number of carboxylic acids is 1. The molecule has 1 aromatic rings. The zero-order chi connectivity index (χ0) is 11.7. The largest absolute Gasteiger partial charge is 0.477 e. The van der Waals surface area contributed by atoms with E-state index in [1.165, 1.54) is 6.92 Å². The molecule has 6 nitrogen and oxygen atoms in total. The van der Waals surface area contributed by atoms with Crippen molar-refractivity contribution in [1.82, 2.24) is 9.97 Å². The third-order valence-corrected chi connectivity index (χ3v) is 2.65. The fourth-order valence-electron chi connectivity index (χ4n) is 1.80. The van der Waals surface area contributed by atoms with Crippen LogP contribution in [0.1, 0.15) is 34.2 Å². The van der Waals surface area contributed by atoms with Crippen molar-refractivity contribution in [2.24, 2.45) is 0 Å². The van der Waals surface area contributed by atoms with E-state index in [4.69, 9.17) is 9.84 Å². The van der Waals surface area contributed by atoms with Crippen LogP contribution in [-0.2, 0) is 4.74 Å². The van der Waals surface area contributed by atoms with Crippen LogP contribution in [0.3, 0.4) is 0 Å². The molecule has 2 N–H and O–H groups in total. The third kappa shape index (κ3) is 1.83. The lowest BCUT2D eigenvalue weighted by atomic mass is 10.1. The number of hydrogen-bond donors (Lipinski definition) is 2. The first kappa shape index (κ1) is 10.8. The van der Waals surface area contributed by atoms with Crippen molar-refractivity contribution in [3.8, 4) is 0 Å². The quantitative estimate of drug-likeness (QED) is 0.752. The van der Waals surface area contributed by atoms with Crippen LogP contribution < -0.4 is 5.56 Å². The van der Waals surface area contributed by atoms with Crippen LogP contribution in [0.2, 0.25) is 0 Å². The normalized spacial score (nSPS) is 19.9. The van der Waals surface area contributed by atoms with Crippen molar-refractivity contribution in [2.75, 3.05) is 13.2 Å². The molecule has 1 atom stereocenters. The first-order chi connectivity index (χ1) is 7.59. The minimum Gasteiger partial charge on any atom is -0.477 e. The van der Waals surface area contributed by atoms with Crippen LogP contribution in [0.25, 0.3) is 0 Å². The standard InChI is InChI=1S/C10H12N2O4/c1-5-7(10(14)15)9(13)12-8(11-5)6-2-3-16-4-6/h6H,2-4H2,1H3,(H,14,15)(H,11,12,13). The summed E-state index contributed by atoms with van der Waals surface area (Å²) in [4.78, 5) is 29.0. The van der Waals surface area contributed by atoms with Crippen molar-refractivity contribution < 1.29 is 14.6 Å². The van der Waals surface area contributed by atoms with E-state index in [-0.39, 0.29) is 17.2 Å². The SMILES string of the molecule is Cc1nc(C2CCOC2)[nH]c(=O)c1C(=O)O. The third-order valence-electron chi connectivity index (χ3n) is 2.65. The van der Waals surface area contributed by atoms with Gasteiger partial charge >= 0.3 is 5.97 Å². The monoisotopic (exact) mass is 224 g/mol. The summed E-state index contributed by atoms with van der Waals surface area (Å²) in [6.45, 7) is 2.70. The Morgan fingerprint density at radius 3 is 2.88 bits per heavy atom. The maximum absolute atomic E-state index is 11.5. The lowest BCUT2D eigenvalue weighted by Crippen LogP contribution is -2.24. The van der Waals surface area contributed by atoms with Crippen LogP contribution in [0.15, 0.2) is 4.79 Å². The molecule has 2 heterocycles. The van der Waals surface area contributed by atoms with Crippen LogP contribution in [0, 0.1) is 6.92 Å². The van der Waals surface area contributed by atoms with Crippen molar-refractivity contribution in [1.29, 1.82) is 0 Å². The highest BCUT2D eigenvalue weighted by molar-refractivity contribution is 5.88. The van der Waals surface area contributed by atoms with Crippen molar-refractivity contribution >= 4 is 5.97 Å². The number of aryl methyl sites for hydroxylation is 1. The van der Waals surface area contributed by atoms with Gasteiger partial charge in [0.25, 0.3) is 5.56 Å². The molecule has 0 amide bonds. The van der Waals surface area contributed by atoms with Gasteiger partial charge in [0.2, 0.25) is 0 Å². The van der Waals surface area contributed by atoms with Gasteiger partial charge in [-0.3, -0.25) is 4.79 Å². The molecule has 0 spiro atoms. The molecule has 1 aliphatic rings. The summed E-state index contributed by atoms with van der Waals surface area (Å²) in [6.07, 6.45) is 0.800. The van der Waals surface area contributed by atoms with E-state index in [1.54, 1.807) is 0 Å². The second-order valence-electron chi connectivity index (χ2n) is 3.78. The highest BCUT2D eigenvalue weighted by atomic mass is 16.5. The summed E-state index contributed by atoms with van der Waals surface area (Å²) in [6, 6.07) is 0. The average Bonchev–Trinajstić information content (AvgIpc) is 2.67. The Kier molecular flexibility index (Phi) is 2.74. The minimum absolute atomic E-state index is 0.0641. The van der Waals surface area contributed by atoms with E-state index in [0.717, 1.165) is 6.42 Å². The molecule has 0 bridgehead atoms. The van der Waals surface area contributed by atoms with E-state index >= 15 is 0 Å². The molecule has 1 aromatic heterocycles. The molecule has 0 aliphatic carbocycles. The molecule has 1 fully saturated rings. The van der Waals surface area contributed by atoms with Gasteiger partial charge in [0, 0.05) is 12.5 Å². The fourth-order valence-corrected chi connectivity index (χ4v) is 1.80. The lowest BCUT2D eigenvalue weighted by molar-refractivity contribution is 0.0693. The lowest BCUT2D eigenvalue weighted by Gasteiger charge is -2.08. The second kappa shape index (κ2) is 4.05. The molecule has 0 saturated carbocycles. The molecule has 0 aromatic carbocycles. The highest BCUT2D eigenvalue weighted by Gasteiger charge is 2.23. The number of hydrogen-bond acceptors (Lipinski definition) is 4. The summed E-state index contributed by atoms with van der Waals surface area (Å²) in [5.74, 6) is -0.667. The van der Waals surface area contributed by atoms with E-state index in [0.29, 0.717) is 19.0 Å². The molecule has 16 heavy (non-hydrogen) atoms. The molecule has 6 heteroatoms. The smallest absolute Gasteiger partial charge is 0.343 e. The van der Waals surface area contributed by atoms with E-state index < -0.39 is 11.5 Å². The summed E-state index contributed by atoms with van der Waals surface area (Å²) in [5, 5.41) is 8.82. The Morgan fingerprint density at radius 2 is 2.38 bits per heavy atom. The van der Waals surface area contributed by atoms with Crippen LogP contribution in [0.4, 0.5) is 0 Å². The highest BCUT2D eigenvalue weighted by Crippen LogP contribution is 2.21. The number of nitrogens with zero attached hydrogens (tertiary/aromatic N) is 1. The zero-order valence-corrected chi connectivity index (χ0v) is 8.82. The predicted octanol–water partition coefficient (Wildman–Crippen LogP) is 0.280. The Balaban J connectivity index is 2.44. The Morgan fingerprint density at radius 1 is 1.62 bits per heavy atom. The van der Waals surface area contributed by atoms with Crippen LogP contribution >= 0.6 is 0 Å². The van der Waals surface area contributed by atoms with Crippen LogP contribution in [-0.4, -0.2) is 34.3 Å². The van der Waals surface area contributed by atoms with Gasteiger partial charge in [-0.15, -0.1) is 0 Å². The topological polar surface area (TPSA) is 92.3 Å². The summed E-state index contributed by atoms with van der Waals surface area (Å²) < 4.78 is 5.19. The number of nitrogens with one attached hydrogen (secondary N) is 1. The number of carboxylic acid groups (broad SMARTS) is 1. The first-order valence-corrected chi connectivity index (χ1v) is 5.01. The first-order valence-electron chi connectivity index (χ1n) is 5.01. The summed E-state index contributed by atoms with van der Waals surface area (Å²) in [7, 11) is 0. The molecule has 86 valence electrons. The summed E-state index contributed by atoms with van der Waals surface area (Å²) >= 11 is 0. The number of aromatic amines is 1. The van der Waals surface area contributed by atoms with Gasteiger partial charge in [0.1, 0.15) is 11.4 Å². The molecular formula is C10H12N2O4. The Hall–Kier alpha value is -1.69. The maximum atomic E-state index is 11.5. The minimum atomic E-state index is -1.25. The molecule has 1 saturated heterocycles. The van der Waals surface area contributed by atoms with E-state index in [1.807, 2.05) is 0 Å². The number of H-pyrrole nitrogens is 1. The molecule has 1 unspecified atom stereocenters. The second-order valence-corrected chi connectivity index (χ2v) is 3.78. The van der Waals surface area contributed by atoms with Crippen molar-refractivity contribution in [2.45, 2.75) is 19.3 Å². The summed E-state index contributed by atoms with van der Waals surface area (Å²) in [5.41, 5.74) is -0.636. The van der Waals surface area contributed by atoms with Gasteiger partial charge in [0.05, 0.1) is 12.3 Å². The number of rotatable bonds is 2. The van der Waals surface area contributed by atoms with Gasteiger partial charge < -0.3 is 14.8 Å². The van der Waals surface area contributed by atoms with Gasteiger partial charge in [-0.25, -0.2) is 9.78 Å². The molecule has 0 radical (unpaired) electrons. The van der Waals surface area contributed by atoms with Crippen molar-refractivity contribution in [3.63, 3.8) is 0 Å². The van der Waals surface area contributed by atoms with Crippen LogP contribution in [0.5, 0.6) is 0 Å². The number of carbonyl (C=O) groups is 1. The maximum Gasteiger partial charge on any atom is 0.343 e. The number of aromatic carboxylic acids is 1. The van der Waals surface area contributed by atoms with Gasteiger partial charge in [-0.2, -0.15) is 0 Å². The predicted molar refractivity (Wildman–Crippen MR) is 54.7 cm³/mol. The Labute approximate surface area is 91.3 Å². The number of ether oxygens (including phenoxy) is 1.